The summed E-state index contributed by atoms with van der Waals surface area (Å²) in [6.07, 6.45) is 4.91. The molecule has 1 heterocycles. The number of likely N-dealkylation sites (tertiary alicyclic amines) is 1. The lowest BCUT2D eigenvalue weighted by Gasteiger charge is -2.26. The highest BCUT2D eigenvalue weighted by Gasteiger charge is 2.14. The van der Waals surface area contributed by atoms with Gasteiger partial charge in [-0.1, -0.05) is 42.8 Å². The molecular formula is C22H27NO2. The number of benzene rings is 2. The number of carbonyl (C=O) groups excluding carboxylic acids is 1. The molecule has 3 heteroatoms. The predicted molar refractivity (Wildman–Crippen MR) is 102 cm³/mol. The first-order valence-electron chi connectivity index (χ1n) is 9.35. The van der Waals surface area contributed by atoms with Gasteiger partial charge in [-0.2, -0.15) is 0 Å². The average molecular weight is 337 g/mol. The molecule has 0 aliphatic carbocycles. The van der Waals surface area contributed by atoms with Crippen LogP contribution in [0.3, 0.4) is 0 Å². The van der Waals surface area contributed by atoms with Crippen molar-refractivity contribution in [2.24, 2.45) is 0 Å². The Morgan fingerprint density at radius 2 is 1.80 bits per heavy atom. The number of nitrogens with zero attached hydrogens (tertiary/aromatic N) is 1. The van der Waals surface area contributed by atoms with Crippen LogP contribution in [0, 0.1) is 0 Å². The molecule has 0 spiro atoms. The fourth-order valence-electron chi connectivity index (χ4n) is 3.50. The summed E-state index contributed by atoms with van der Waals surface area (Å²) in [5.74, 6) is -0.235. The highest BCUT2D eigenvalue weighted by Crippen LogP contribution is 2.26. The molecule has 0 N–H and O–H groups in total. The van der Waals surface area contributed by atoms with Crippen LogP contribution in [-0.4, -0.2) is 37.1 Å². The lowest BCUT2D eigenvalue weighted by molar-refractivity contribution is 0.0526. The molecule has 0 aromatic heterocycles. The maximum atomic E-state index is 12.1. The van der Waals surface area contributed by atoms with Gasteiger partial charge >= 0.3 is 5.97 Å². The van der Waals surface area contributed by atoms with Gasteiger partial charge in [-0.25, -0.2) is 4.79 Å². The van der Waals surface area contributed by atoms with E-state index in [2.05, 4.69) is 35.2 Å². The highest BCUT2D eigenvalue weighted by atomic mass is 16.5. The van der Waals surface area contributed by atoms with E-state index in [1.807, 2.05) is 25.1 Å². The monoisotopic (exact) mass is 337 g/mol. The summed E-state index contributed by atoms with van der Waals surface area (Å²) in [5.41, 5.74) is 4.29. The van der Waals surface area contributed by atoms with Crippen molar-refractivity contribution in [2.45, 2.75) is 32.6 Å². The van der Waals surface area contributed by atoms with E-state index in [4.69, 9.17) is 4.74 Å². The van der Waals surface area contributed by atoms with Crippen molar-refractivity contribution in [2.75, 3.05) is 26.2 Å². The van der Waals surface area contributed by atoms with E-state index in [0.717, 1.165) is 13.0 Å². The first-order valence-corrected chi connectivity index (χ1v) is 9.35. The van der Waals surface area contributed by atoms with Gasteiger partial charge in [0, 0.05) is 6.54 Å². The van der Waals surface area contributed by atoms with Crippen LogP contribution in [0.25, 0.3) is 11.1 Å². The summed E-state index contributed by atoms with van der Waals surface area (Å²) >= 11 is 0. The van der Waals surface area contributed by atoms with Crippen molar-refractivity contribution in [3.8, 4) is 11.1 Å². The number of rotatable bonds is 6. The summed E-state index contributed by atoms with van der Waals surface area (Å²) in [7, 11) is 0. The zero-order valence-corrected chi connectivity index (χ0v) is 15.0. The third-order valence-corrected chi connectivity index (χ3v) is 4.85. The molecule has 0 radical (unpaired) electrons. The molecule has 0 bridgehead atoms. The van der Waals surface area contributed by atoms with Gasteiger partial charge in [0.15, 0.2) is 0 Å². The van der Waals surface area contributed by atoms with Crippen LogP contribution in [0.5, 0.6) is 0 Å². The molecule has 1 aliphatic heterocycles. The molecule has 0 saturated carbocycles. The van der Waals surface area contributed by atoms with Gasteiger partial charge in [0.2, 0.25) is 0 Å². The summed E-state index contributed by atoms with van der Waals surface area (Å²) in [6.45, 7) is 5.68. The Labute approximate surface area is 150 Å². The van der Waals surface area contributed by atoms with Gasteiger partial charge in [-0.15, -0.1) is 0 Å². The van der Waals surface area contributed by atoms with E-state index in [0.29, 0.717) is 12.2 Å². The Balaban J connectivity index is 1.84. The average Bonchev–Trinajstić information content (AvgIpc) is 2.68. The fourth-order valence-corrected chi connectivity index (χ4v) is 3.50. The second kappa shape index (κ2) is 8.82. The van der Waals surface area contributed by atoms with E-state index in [1.165, 1.54) is 49.0 Å². The van der Waals surface area contributed by atoms with Crippen LogP contribution >= 0.6 is 0 Å². The molecule has 2 aromatic rings. The van der Waals surface area contributed by atoms with E-state index < -0.39 is 0 Å². The molecule has 25 heavy (non-hydrogen) atoms. The lowest BCUT2D eigenvalue weighted by Crippen LogP contribution is -2.31. The smallest absolute Gasteiger partial charge is 0.338 e. The van der Waals surface area contributed by atoms with Crippen LogP contribution in [0.2, 0.25) is 0 Å². The Morgan fingerprint density at radius 3 is 2.52 bits per heavy atom. The normalized spacial score (nSPS) is 15.1. The van der Waals surface area contributed by atoms with Gasteiger partial charge < -0.3 is 9.64 Å². The summed E-state index contributed by atoms with van der Waals surface area (Å²) < 4.78 is 5.17. The minimum absolute atomic E-state index is 0.235. The van der Waals surface area contributed by atoms with Gasteiger partial charge in [-0.05, 0) is 68.1 Å². The second-order valence-electron chi connectivity index (χ2n) is 6.61. The van der Waals surface area contributed by atoms with Crippen LogP contribution in [0.4, 0.5) is 0 Å². The second-order valence-corrected chi connectivity index (χ2v) is 6.61. The van der Waals surface area contributed by atoms with Crippen LogP contribution in [0.1, 0.15) is 42.1 Å². The van der Waals surface area contributed by atoms with Gasteiger partial charge in [0.1, 0.15) is 0 Å². The van der Waals surface area contributed by atoms with E-state index >= 15 is 0 Å². The van der Waals surface area contributed by atoms with Crippen LogP contribution < -0.4 is 0 Å². The molecule has 0 amide bonds. The summed E-state index contributed by atoms with van der Waals surface area (Å²) in [5, 5.41) is 0. The molecule has 2 aromatic carbocycles. The fraction of sp³-hybridized carbons (Fsp3) is 0.409. The van der Waals surface area contributed by atoms with E-state index in [-0.39, 0.29) is 5.97 Å². The third-order valence-electron chi connectivity index (χ3n) is 4.85. The Morgan fingerprint density at radius 1 is 1.04 bits per heavy atom. The van der Waals surface area contributed by atoms with Crippen LogP contribution in [0.15, 0.2) is 48.5 Å². The van der Waals surface area contributed by atoms with Gasteiger partial charge in [0.25, 0.3) is 0 Å². The number of hydrogen-bond acceptors (Lipinski definition) is 3. The molecule has 1 aliphatic rings. The minimum Gasteiger partial charge on any atom is -0.462 e. The number of hydrogen-bond donors (Lipinski definition) is 0. The van der Waals surface area contributed by atoms with Gasteiger partial charge in [-0.3, -0.25) is 0 Å². The first-order chi connectivity index (χ1) is 12.3. The number of piperidine rings is 1. The highest BCUT2D eigenvalue weighted by molar-refractivity contribution is 5.90. The third kappa shape index (κ3) is 4.70. The quantitative estimate of drug-likeness (QED) is 0.724. The molecule has 1 saturated heterocycles. The summed E-state index contributed by atoms with van der Waals surface area (Å²) in [4.78, 5) is 14.7. The zero-order valence-electron chi connectivity index (χ0n) is 15.0. The molecule has 3 rings (SSSR count). The first kappa shape index (κ1) is 17.7. The molecule has 132 valence electrons. The molecular weight excluding hydrogens is 310 g/mol. The Bertz CT molecular complexity index is 690. The van der Waals surface area contributed by atoms with Crippen molar-refractivity contribution >= 4 is 5.97 Å². The number of carbonyl (C=O) groups is 1. The predicted octanol–water partition coefficient (Wildman–Crippen LogP) is 4.56. The number of esters is 1. The van der Waals surface area contributed by atoms with E-state index in [9.17, 15) is 4.79 Å². The van der Waals surface area contributed by atoms with Crippen LogP contribution in [-0.2, 0) is 11.2 Å². The molecule has 1 fully saturated rings. The van der Waals surface area contributed by atoms with Crippen molar-refractivity contribution < 1.29 is 9.53 Å². The Hall–Kier alpha value is -2.13. The van der Waals surface area contributed by atoms with Crippen molar-refractivity contribution in [1.82, 2.24) is 4.90 Å². The minimum atomic E-state index is -0.235. The largest absolute Gasteiger partial charge is 0.462 e. The van der Waals surface area contributed by atoms with Crippen molar-refractivity contribution in [1.29, 1.82) is 0 Å². The van der Waals surface area contributed by atoms with Crippen molar-refractivity contribution in [3.63, 3.8) is 0 Å². The maximum Gasteiger partial charge on any atom is 0.338 e. The molecule has 0 unspecified atom stereocenters. The maximum absolute atomic E-state index is 12.1. The number of ether oxygens (including phenoxy) is 1. The lowest BCUT2D eigenvalue weighted by atomic mass is 9.95. The zero-order chi connectivity index (χ0) is 17.5. The summed E-state index contributed by atoms with van der Waals surface area (Å²) in [6, 6.07) is 16.4. The van der Waals surface area contributed by atoms with Crippen molar-refractivity contribution in [3.05, 3.63) is 59.7 Å². The SMILES string of the molecule is CCOC(=O)c1ccc(-c2ccccc2)c(CCN2CCCCC2)c1. The van der Waals surface area contributed by atoms with E-state index in [1.54, 1.807) is 0 Å². The topological polar surface area (TPSA) is 29.5 Å². The standard InChI is InChI=1S/C22H27NO2/c1-2-25-22(24)20-11-12-21(18-9-5-3-6-10-18)19(17-20)13-16-23-14-7-4-8-15-23/h3,5-6,9-12,17H,2,4,7-8,13-16H2,1H3. The van der Waals surface area contributed by atoms with Gasteiger partial charge in [0.05, 0.1) is 12.2 Å². The molecule has 3 nitrogen and oxygen atoms in total. The Kier molecular flexibility index (Phi) is 6.24. The molecule has 0 atom stereocenters.